The highest BCUT2D eigenvalue weighted by Gasteiger charge is 2.16. The summed E-state index contributed by atoms with van der Waals surface area (Å²) in [6.07, 6.45) is 12.1. The number of likely N-dealkylation sites (tertiary alicyclic amines) is 1. The molecule has 0 aliphatic carbocycles. The standard InChI is InChI=1S/C18H38N4/c1-4-5-6-7-8-9-10-13-20-18(19-2)21-16-17-11-14-22(3)15-12-17/h17H,4-16H2,1-3H3,(H2,19,20,21). The first-order valence-electron chi connectivity index (χ1n) is 9.39. The molecule has 1 aliphatic rings. The highest BCUT2D eigenvalue weighted by atomic mass is 15.2. The van der Waals surface area contributed by atoms with Gasteiger partial charge in [0.15, 0.2) is 5.96 Å². The van der Waals surface area contributed by atoms with Crippen molar-refractivity contribution in [1.82, 2.24) is 15.5 Å². The monoisotopic (exact) mass is 310 g/mol. The van der Waals surface area contributed by atoms with Gasteiger partial charge in [-0.2, -0.15) is 0 Å². The van der Waals surface area contributed by atoms with Gasteiger partial charge < -0.3 is 15.5 Å². The first-order valence-corrected chi connectivity index (χ1v) is 9.39. The fourth-order valence-corrected chi connectivity index (χ4v) is 3.02. The average Bonchev–Trinajstić information content (AvgIpc) is 2.54. The largest absolute Gasteiger partial charge is 0.356 e. The van der Waals surface area contributed by atoms with Crippen LogP contribution in [0.5, 0.6) is 0 Å². The zero-order chi connectivity index (χ0) is 16.0. The normalized spacial score (nSPS) is 17.7. The topological polar surface area (TPSA) is 39.7 Å². The maximum Gasteiger partial charge on any atom is 0.190 e. The second-order valence-electron chi connectivity index (χ2n) is 6.75. The number of nitrogens with one attached hydrogen (secondary N) is 2. The molecule has 1 fully saturated rings. The summed E-state index contributed by atoms with van der Waals surface area (Å²) < 4.78 is 0. The zero-order valence-electron chi connectivity index (χ0n) is 15.2. The molecule has 0 unspecified atom stereocenters. The van der Waals surface area contributed by atoms with Gasteiger partial charge in [-0.15, -0.1) is 0 Å². The van der Waals surface area contributed by atoms with E-state index in [2.05, 4.69) is 34.5 Å². The number of piperidine rings is 1. The van der Waals surface area contributed by atoms with Crippen molar-refractivity contribution in [2.75, 3.05) is 40.3 Å². The Morgan fingerprint density at radius 3 is 2.27 bits per heavy atom. The number of aliphatic imine (C=N–C) groups is 1. The molecule has 1 heterocycles. The molecule has 0 aromatic rings. The lowest BCUT2D eigenvalue weighted by molar-refractivity contribution is 0.220. The predicted octanol–water partition coefficient (Wildman–Crippen LogP) is 3.24. The van der Waals surface area contributed by atoms with E-state index >= 15 is 0 Å². The average molecular weight is 311 g/mol. The molecule has 1 saturated heterocycles. The van der Waals surface area contributed by atoms with Crippen molar-refractivity contribution in [3.8, 4) is 0 Å². The minimum absolute atomic E-state index is 0.799. The van der Waals surface area contributed by atoms with Gasteiger partial charge in [-0.3, -0.25) is 4.99 Å². The van der Waals surface area contributed by atoms with Crippen molar-refractivity contribution in [2.24, 2.45) is 10.9 Å². The maximum atomic E-state index is 4.33. The Morgan fingerprint density at radius 1 is 1.00 bits per heavy atom. The van der Waals surface area contributed by atoms with Gasteiger partial charge in [-0.05, 0) is 45.3 Å². The van der Waals surface area contributed by atoms with E-state index in [1.807, 2.05) is 7.05 Å². The minimum atomic E-state index is 0.799. The Labute approximate surface area is 138 Å². The van der Waals surface area contributed by atoms with E-state index in [0.29, 0.717) is 0 Å². The third-order valence-corrected chi connectivity index (χ3v) is 4.69. The van der Waals surface area contributed by atoms with Crippen molar-refractivity contribution in [2.45, 2.75) is 64.7 Å². The molecule has 0 atom stereocenters. The predicted molar refractivity (Wildman–Crippen MR) is 97.6 cm³/mol. The van der Waals surface area contributed by atoms with Crippen molar-refractivity contribution in [3.05, 3.63) is 0 Å². The summed E-state index contributed by atoms with van der Waals surface area (Å²) in [5.41, 5.74) is 0. The molecule has 1 aliphatic heterocycles. The Hall–Kier alpha value is -0.770. The Kier molecular flexibility index (Phi) is 11.2. The van der Waals surface area contributed by atoms with Gasteiger partial charge in [0.25, 0.3) is 0 Å². The molecule has 0 aromatic carbocycles. The Bertz CT molecular complexity index is 283. The van der Waals surface area contributed by atoms with Crippen LogP contribution < -0.4 is 10.6 Å². The molecule has 0 aromatic heterocycles. The SMILES string of the molecule is CCCCCCCCCNC(=NC)NCC1CCN(C)CC1. The lowest BCUT2D eigenvalue weighted by Gasteiger charge is -2.29. The number of hydrogen-bond donors (Lipinski definition) is 2. The molecule has 4 nitrogen and oxygen atoms in total. The molecule has 22 heavy (non-hydrogen) atoms. The first kappa shape index (κ1) is 19.3. The van der Waals surface area contributed by atoms with E-state index in [0.717, 1.165) is 25.0 Å². The van der Waals surface area contributed by atoms with Crippen molar-refractivity contribution < 1.29 is 0 Å². The summed E-state index contributed by atoms with van der Waals surface area (Å²) in [5, 5.41) is 6.94. The van der Waals surface area contributed by atoms with Crippen LogP contribution in [0.1, 0.15) is 64.7 Å². The van der Waals surface area contributed by atoms with Gasteiger partial charge in [0.05, 0.1) is 0 Å². The molecular weight excluding hydrogens is 272 g/mol. The highest BCUT2D eigenvalue weighted by molar-refractivity contribution is 5.79. The maximum absolute atomic E-state index is 4.33. The summed E-state index contributed by atoms with van der Waals surface area (Å²) in [6.45, 7) is 6.84. The van der Waals surface area contributed by atoms with Gasteiger partial charge in [0, 0.05) is 20.1 Å². The summed E-state index contributed by atoms with van der Waals surface area (Å²) in [7, 11) is 4.08. The Balaban J connectivity index is 1.98. The molecule has 0 bridgehead atoms. The van der Waals surface area contributed by atoms with Crippen LogP contribution in [0.3, 0.4) is 0 Å². The fourth-order valence-electron chi connectivity index (χ4n) is 3.02. The number of rotatable bonds is 10. The molecule has 0 amide bonds. The van der Waals surface area contributed by atoms with Crippen LogP contribution in [-0.4, -0.2) is 51.1 Å². The third-order valence-electron chi connectivity index (χ3n) is 4.69. The number of hydrogen-bond acceptors (Lipinski definition) is 2. The molecule has 1 rings (SSSR count). The van der Waals surface area contributed by atoms with E-state index in [-0.39, 0.29) is 0 Å². The van der Waals surface area contributed by atoms with Crippen LogP contribution >= 0.6 is 0 Å². The van der Waals surface area contributed by atoms with E-state index < -0.39 is 0 Å². The van der Waals surface area contributed by atoms with Crippen LogP contribution in [0.4, 0.5) is 0 Å². The van der Waals surface area contributed by atoms with Gasteiger partial charge >= 0.3 is 0 Å². The summed E-state index contributed by atoms with van der Waals surface area (Å²) >= 11 is 0. The fraction of sp³-hybridized carbons (Fsp3) is 0.944. The van der Waals surface area contributed by atoms with E-state index in [9.17, 15) is 0 Å². The van der Waals surface area contributed by atoms with E-state index in [1.165, 1.54) is 70.9 Å². The molecule has 0 spiro atoms. The Morgan fingerprint density at radius 2 is 1.64 bits per heavy atom. The van der Waals surface area contributed by atoms with E-state index in [1.54, 1.807) is 0 Å². The quantitative estimate of drug-likeness (QED) is 0.370. The first-order chi connectivity index (χ1) is 10.8. The van der Waals surface area contributed by atoms with Crippen LogP contribution in [0.2, 0.25) is 0 Å². The zero-order valence-corrected chi connectivity index (χ0v) is 15.2. The molecule has 4 heteroatoms. The smallest absolute Gasteiger partial charge is 0.190 e. The minimum Gasteiger partial charge on any atom is -0.356 e. The van der Waals surface area contributed by atoms with Gasteiger partial charge in [0.2, 0.25) is 0 Å². The summed E-state index contributed by atoms with van der Waals surface area (Å²) in [4.78, 5) is 6.75. The second-order valence-corrected chi connectivity index (χ2v) is 6.75. The van der Waals surface area contributed by atoms with Gasteiger partial charge in [0.1, 0.15) is 0 Å². The third kappa shape index (κ3) is 9.29. The van der Waals surface area contributed by atoms with Crippen molar-refractivity contribution in [1.29, 1.82) is 0 Å². The lowest BCUT2D eigenvalue weighted by atomic mass is 9.97. The van der Waals surface area contributed by atoms with Crippen molar-refractivity contribution >= 4 is 5.96 Å². The van der Waals surface area contributed by atoms with Crippen molar-refractivity contribution in [3.63, 3.8) is 0 Å². The van der Waals surface area contributed by atoms with Gasteiger partial charge in [-0.25, -0.2) is 0 Å². The summed E-state index contributed by atoms with van der Waals surface area (Å²) in [6, 6.07) is 0. The molecule has 0 radical (unpaired) electrons. The van der Waals surface area contributed by atoms with Crippen LogP contribution in [-0.2, 0) is 0 Å². The van der Waals surface area contributed by atoms with Crippen LogP contribution in [0.15, 0.2) is 4.99 Å². The van der Waals surface area contributed by atoms with Crippen LogP contribution in [0, 0.1) is 5.92 Å². The van der Waals surface area contributed by atoms with E-state index in [4.69, 9.17) is 0 Å². The number of guanidine groups is 1. The summed E-state index contributed by atoms with van der Waals surface area (Å²) in [5.74, 6) is 1.78. The number of unbranched alkanes of at least 4 members (excludes halogenated alkanes) is 6. The lowest BCUT2D eigenvalue weighted by Crippen LogP contribution is -2.42. The highest BCUT2D eigenvalue weighted by Crippen LogP contribution is 2.14. The molecule has 2 N–H and O–H groups in total. The van der Waals surface area contributed by atoms with Gasteiger partial charge in [-0.1, -0.05) is 45.4 Å². The second kappa shape index (κ2) is 12.7. The van der Waals surface area contributed by atoms with Crippen LogP contribution in [0.25, 0.3) is 0 Å². The molecule has 130 valence electrons. The molecule has 0 saturated carbocycles. The molecular formula is C18H38N4. The number of nitrogens with zero attached hydrogens (tertiary/aromatic N) is 2.